The van der Waals surface area contributed by atoms with Gasteiger partial charge in [-0.3, -0.25) is 0 Å². The Kier molecular flexibility index (Phi) is 3.14. The van der Waals surface area contributed by atoms with Crippen molar-refractivity contribution in [1.82, 2.24) is 0 Å². The molecule has 0 fully saturated rings. The summed E-state index contributed by atoms with van der Waals surface area (Å²) in [6, 6.07) is 10.5. The highest BCUT2D eigenvalue weighted by Crippen LogP contribution is 2.37. The van der Waals surface area contributed by atoms with E-state index in [1.165, 1.54) is 0 Å². The summed E-state index contributed by atoms with van der Waals surface area (Å²) in [7, 11) is 0. The summed E-state index contributed by atoms with van der Waals surface area (Å²) in [5.41, 5.74) is 8.52. The molecule has 0 saturated carbocycles. The average molecular weight is 230 g/mol. The van der Waals surface area contributed by atoms with E-state index in [4.69, 9.17) is 5.73 Å². The van der Waals surface area contributed by atoms with Crippen LogP contribution in [0.2, 0.25) is 0 Å². The summed E-state index contributed by atoms with van der Waals surface area (Å²) in [4.78, 5) is 0. The van der Waals surface area contributed by atoms with Crippen LogP contribution in [0.3, 0.4) is 0 Å². The largest absolute Gasteiger partial charge is 0.401 e. The van der Waals surface area contributed by atoms with Crippen molar-refractivity contribution in [2.24, 2.45) is 17.1 Å². The van der Waals surface area contributed by atoms with Gasteiger partial charge in [-0.2, -0.15) is 0 Å². The van der Waals surface area contributed by atoms with Crippen LogP contribution in [0.4, 0.5) is 5.69 Å². The quantitative estimate of drug-likeness (QED) is 0.817. The molecule has 2 heteroatoms. The summed E-state index contributed by atoms with van der Waals surface area (Å²) in [5, 5.41) is 3.50. The number of allylic oxidation sites excluding steroid dienone is 1. The Morgan fingerprint density at radius 3 is 2.35 bits per heavy atom. The zero-order valence-corrected chi connectivity index (χ0v) is 10.9. The number of nitrogens with two attached hydrogens (primary N) is 1. The first-order chi connectivity index (χ1) is 7.97. The lowest BCUT2D eigenvalue weighted by molar-refractivity contribution is 0.286. The van der Waals surface area contributed by atoms with Crippen LogP contribution in [0.25, 0.3) is 0 Å². The van der Waals surface area contributed by atoms with Crippen molar-refractivity contribution in [1.29, 1.82) is 0 Å². The van der Waals surface area contributed by atoms with Gasteiger partial charge in [0.1, 0.15) is 0 Å². The Bertz CT molecular complexity index is 401. The molecule has 0 saturated heterocycles. The molecule has 1 aromatic carbocycles. The van der Waals surface area contributed by atoms with Crippen molar-refractivity contribution in [2.45, 2.75) is 33.2 Å². The van der Waals surface area contributed by atoms with Crippen LogP contribution < -0.4 is 11.1 Å². The van der Waals surface area contributed by atoms with E-state index in [2.05, 4.69) is 44.3 Å². The molecule has 2 rings (SSSR count). The van der Waals surface area contributed by atoms with Crippen LogP contribution in [-0.2, 0) is 0 Å². The molecule has 1 aliphatic carbocycles. The first-order valence-corrected chi connectivity index (χ1v) is 6.25. The number of nitrogens with one attached hydrogen (secondary N) is 1. The summed E-state index contributed by atoms with van der Waals surface area (Å²) in [6.07, 6.45) is 3.31. The SMILES string of the molecule is CC(C)(C)C1C=C(N)C(Nc2ccccc2)C1. The highest BCUT2D eigenvalue weighted by molar-refractivity contribution is 5.46. The van der Waals surface area contributed by atoms with Gasteiger partial charge in [-0.25, -0.2) is 0 Å². The predicted molar refractivity (Wildman–Crippen MR) is 73.7 cm³/mol. The van der Waals surface area contributed by atoms with Crippen LogP contribution in [-0.4, -0.2) is 6.04 Å². The molecule has 0 bridgehead atoms. The summed E-state index contributed by atoms with van der Waals surface area (Å²) in [5.74, 6) is 0.559. The van der Waals surface area contributed by atoms with Crippen LogP contribution in [0.15, 0.2) is 42.1 Å². The van der Waals surface area contributed by atoms with Gasteiger partial charge in [0.15, 0.2) is 0 Å². The fourth-order valence-corrected chi connectivity index (χ4v) is 2.29. The minimum atomic E-state index is 0.279. The number of rotatable bonds is 2. The van der Waals surface area contributed by atoms with E-state index >= 15 is 0 Å². The average Bonchev–Trinajstić information content (AvgIpc) is 2.62. The van der Waals surface area contributed by atoms with E-state index < -0.39 is 0 Å². The molecular weight excluding hydrogens is 208 g/mol. The van der Waals surface area contributed by atoms with Gasteiger partial charge in [-0.1, -0.05) is 45.0 Å². The van der Waals surface area contributed by atoms with E-state index in [1.54, 1.807) is 0 Å². The van der Waals surface area contributed by atoms with Gasteiger partial charge < -0.3 is 11.1 Å². The first-order valence-electron chi connectivity index (χ1n) is 6.25. The molecule has 2 nitrogen and oxygen atoms in total. The molecule has 2 atom stereocenters. The highest BCUT2D eigenvalue weighted by Gasteiger charge is 2.32. The smallest absolute Gasteiger partial charge is 0.0660 e. The van der Waals surface area contributed by atoms with Crippen LogP contribution >= 0.6 is 0 Å². The summed E-state index contributed by atoms with van der Waals surface area (Å²) in [6.45, 7) is 6.81. The third kappa shape index (κ3) is 2.82. The number of benzene rings is 1. The van der Waals surface area contributed by atoms with E-state index in [9.17, 15) is 0 Å². The van der Waals surface area contributed by atoms with Gasteiger partial charge in [-0.15, -0.1) is 0 Å². The maximum atomic E-state index is 6.11. The monoisotopic (exact) mass is 230 g/mol. The molecule has 17 heavy (non-hydrogen) atoms. The zero-order valence-electron chi connectivity index (χ0n) is 10.9. The molecule has 92 valence electrons. The van der Waals surface area contributed by atoms with Crippen molar-refractivity contribution >= 4 is 5.69 Å². The predicted octanol–water partition coefficient (Wildman–Crippen LogP) is 3.38. The Morgan fingerprint density at radius 1 is 1.18 bits per heavy atom. The maximum absolute atomic E-state index is 6.11. The number of hydrogen-bond donors (Lipinski definition) is 2. The van der Waals surface area contributed by atoms with Crippen LogP contribution in [0, 0.1) is 11.3 Å². The Hall–Kier alpha value is -1.44. The Balaban J connectivity index is 2.04. The molecule has 0 aliphatic heterocycles. The van der Waals surface area contributed by atoms with Crippen molar-refractivity contribution in [3.63, 3.8) is 0 Å². The van der Waals surface area contributed by atoms with Gasteiger partial charge in [0, 0.05) is 11.4 Å². The van der Waals surface area contributed by atoms with Crippen molar-refractivity contribution < 1.29 is 0 Å². The molecule has 3 N–H and O–H groups in total. The molecule has 0 heterocycles. The topological polar surface area (TPSA) is 38.0 Å². The van der Waals surface area contributed by atoms with Crippen molar-refractivity contribution in [2.75, 3.05) is 5.32 Å². The number of anilines is 1. The molecule has 1 aliphatic rings. The van der Waals surface area contributed by atoms with Crippen LogP contribution in [0.1, 0.15) is 27.2 Å². The highest BCUT2D eigenvalue weighted by atomic mass is 15.0. The molecular formula is C15H22N2. The normalized spacial score (nSPS) is 24.5. The number of hydrogen-bond acceptors (Lipinski definition) is 2. The molecule has 2 unspecified atom stereocenters. The standard InChI is InChI=1S/C15H22N2/c1-15(2,3)11-9-13(16)14(10-11)17-12-7-5-4-6-8-12/h4-9,11,14,17H,10,16H2,1-3H3. The molecule has 0 amide bonds. The molecule has 0 spiro atoms. The minimum absolute atomic E-state index is 0.279. The van der Waals surface area contributed by atoms with Gasteiger partial charge in [-0.05, 0) is 29.9 Å². The lowest BCUT2D eigenvalue weighted by Gasteiger charge is -2.26. The van der Waals surface area contributed by atoms with Gasteiger partial charge in [0.2, 0.25) is 0 Å². The Labute approximate surface area is 104 Å². The minimum Gasteiger partial charge on any atom is -0.401 e. The lowest BCUT2D eigenvalue weighted by atomic mass is 9.80. The summed E-state index contributed by atoms with van der Waals surface area (Å²) < 4.78 is 0. The van der Waals surface area contributed by atoms with Crippen molar-refractivity contribution in [3.05, 3.63) is 42.1 Å². The van der Waals surface area contributed by atoms with Crippen LogP contribution in [0.5, 0.6) is 0 Å². The molecule has 0 aromatic heterocycles. The second kappa shape index (κ2) is 4.44. The fraction of sp³-hybridized carbons (Fsp3) is 0.467. The Morgan fingerprint density at radius 2 is 1.82 bits per heavy atom. The van der Waals surface area contributed by atoms with Crippen molar-refractivity contribution in [3.8, 4) is 0 Å². The lowest BCUT2D eigenvalue weighted by Crippen LogP contribution is -2.25. The first kappa shape index (κ1) is 12.0. The van der Waals surface area contributed by atoms with Gasteiger partial charge in [0.05, 0.1) is 6.04 Å². The number of para-hydroxylation sites is 1. The van der Waals surface area contributed by atoms with Gasteiger partial charge in [0.25, 0.3) is 0 Å². The van der Waals surface area contributed by atoms with Gasteiger partial charge >= 0.3 is 0 Å². The van der Waals surface area contributed by atoms with E-state index in [-0.39, 0.29) is 11.5 Å². The second-order valence-corrected chi connectivity index (χ2v) is 5.94. The second-order valence-electron chi connectivity index (χ2n) is 5.94. The third-order valence-electron chi connectivity index (χ3n) is 3.51. The summed E-state index contributed by atoms with van der Waals surface area (Å²) >= 11 is 0. The molecule has 1 aromatic rings. The van der Waals surface area contributed by atoms with E-state index in [1.807, 2.05) is 18.2 Å². The van der Waals surface area contributed by atoms with E-state index in [0.717, 1.165) is 17.8 Å². The zero-order chi connectivity index (χ0) is 12.5. The fourth-order valence-electron chi connectivity index (χ4n) is 2.29. The molecule has 0 radical (unpaired) electrons. The van der Waals surface area contributed by atoms with E-state index in [0.29, 0.717) is 5.92 Å². The third-order valence-corrected chi connectivity index (χ3v) is 3.51. The maximum Gasteiger partial charge on any atom is 0.0660 e.